The lowest BCUT2D eigenvalue weighted by Gasteiger charge is -2.26. The van der Waals surface area contributed by atoms with Gasteiger partial charge in [-0.2, -0.15) is 0 Å². The number of nitrogens with two attached hydrogens (primary N) is 1. The normalized spacial score (nSPS) is 11.9. The predicted molar refractivity (Wildman–Crippen MR) is 75.3 cm³/mol. The molecular formula is C13H17BrN2O3. The maximum absolute atomic E-state index is 11.9. The van der Waals surface area contributed by atoms with Crippen LogP contribution in [0.3, 0.4) is 0 Å². The van der Waals surface area contributed by atoms with Gasteiger partial charge < -0.3 is 15.4 Å². The third-order valence-corrected chi connectivity index (χ3v) is 3.23. The molecule has 2 N–H and O–H groups in total. The van der Waals surface area contributed by atoms with E-state index in [1.807, 2.05) is 6.07 Å². The molecule has 0 spiro atoms. The van der Waals surface area contributed by atoms with Crippen molar-refractivity contribution in [3.8, 4) is 0 Å². The van der Waals surface area contributed by atoms with E-state index in [1.54, 1.807) is 25.2 Å². The molecule has 0 bridgehead atoms. The van der Waals surface area contributed by atoms with Gasteiger partial charge in [0, 0.05) is 18.6 Å². The zero-order valence-corrected chi connectivity index (χ0v) is 12.5. The maximum atomic E-state index is 11.9. The zero-order chi connectivity index (χ0) is 14.4. The first-order valence-electron chi connectivity index (χ1n) is 5.76. The first-order valence-corrected chi connectivity index (χ1v) is 6.56. The van der Waals surface area contributed by atoms with Crippen LogP contribution in [-0.4, -0.2) is 37.5 Å². The van der Waals surface area contributed by atoms with Crippen LogP contribution in [0.15, 0.2) is 28.7 Å². The minimum absolute atomic E-state index is 0.189. The van der Waals surface area contributed by atoms with Crippen molar-refractivity contribution < 1.29 is 14.3 Å². The second kappa shape index (κ2) is 7.25. The molecular weight excluding hydrogens is 312 g/mol. The molecule has 1 atom stereocenters. The van der Waals surface area contributed by atoms with E-state index < -0.39 is 11.9 Å². The van der Waals surface area contributed by atoms with Gasteiger partial charge in [0.15, 0.2) is 0 Å². The van der Waals surface area contributed by atoms with E-state index in [-0.39, 0.29) is 12.3 Å². The molecule has 6 heteroatoms. The lowest BCUT2D eigenvalue weighted by molar-refractivity contribution is -0.138. The molecule has 0 unspecified atom stereocenters. The molecule has 0 radical (unpaired) electrons. The molecule has 0 aliphatic carbocycles. The van der Waals surface area contributed by atoms with E-state index in [0.717, 1.165) is 4.47 Å². The van der Waals surface area contributed by atoms with Crippen molar-refractivity contribution >= 4 is 27.7 Å². The number of likely N-dealkylation sites (N-methyl/N-ethyl adjacent to an activating group) is 1. The Morgan fingerprint density at radius 3 is 2.68 bits per heavy atom. The Balaban J connectivity index is 2.95. The summed E-state index contributed by atoms with van der Waals surface area (Å²) in [5.74, 6) is -0.753. The van der Waals surface area contributed by atoms with Crippen LogP contribution in [0.5, 0.6) is 0 Å². The summed E-state index contributed by atoms with van der Waals surface area (Å²) in [6, 6.07) is 6.40. The second-order valence-corrected chi connectivity index (χ2v) is 5.02. The average molecular weight is 329 g/mol. The molecule has 0 heterocycles. The van der Waals surface area contributed by atoms with Crippen LogP contribution in [0.2, 0.25) is 0 Å². The number of rotatable bonds is 6. The van der Waals surface area contributed by atoms with Crippen LogP contribution in [0.1, 0.15) is 18.0 Å². The van der Waals surface area contributed by atoms with Gasteiger partial charge >= 0.3 is 0 Å². The number of carbonyl (C=O) groups is 2. The predicted octanol–water partition coefficient (Wildman–Crippen LogP) is 1.47. The average Bonchev–Trinajstić information content (AvgIpc) is 2.35. The molecule has 104 valence electrons. The van der Waals surface area contributed by atoms with E-state index in [2.05, 4.69) is 15.9 Å². The molecule has 0 aliphatic rings. The number of primary amides is 1. The van der Waals surface area contributed by atoms with E-state index in [4.69, 9.17) is 10.5 Å². The number of carbonyl (C=O) groups excluding carboxylic acids is 2. The second-order valence-electron chi connectivity index (χ2n) is 4.11. The van der Waals surface area contributed by atoms with E-state index in [1.165, 1.54) is 12.0 Å². The van der Waals surface area contributed by atoms with Crippen LogP contribution in [0.25, 0.3) is 0 Å². The van der Waals surface area contributed by atoms with Gasteiger partial charge in [-0.1, -0.05) is 28.1 Å². The fourth-order valence-corrected chi connectivity index (χ4v) is 2.18. The third kappa shape index (κ3) is 4.33. The Morgan fingerprint density at radius 1 is 1.47 bits per heavy atom. The van der Waals surface area contributed by atoms with Gasteiger partial charge in [0.1, 0.15) is 6.04 Å². The summed E-state index contributed by atoms with van der Waals surface area (Å²) in [5, 5.41) is 0. The first-order chi connectivity index (χ1) is 8.97. The topological polar surface area (TPSA) is 72.6 Å². The highest BCUT2D eigenvalue weighted by Crippen LogP contribution is 2.23. The molecule has 0 aliphatic heterocycles. The quantitative estimate of drug-likeness (QED) is 0.859. The van der Waals surface area contributed by atoms with Gasteiger partial charge in [0.2, 0.25) is 11.8 Å². The van der Waals surface area contributed by atoms with Gasteiger partial charge in [0.05, 0.1) is 13.0 Å². The Morgan fingerprint density at radius 2 is 2.16 bits per heavy atom. The molecule has 0 aromatic heterocycles. The van der Waals surface area contributed by atoms with Crippen molar-refractivity contribution in [3.05, 3.63) is 34.3 Å². The number of ether oxygens (including phenoxy) is 1. The molecule has 0 saturated heterocycles. The number of hydrogen-bond donors (Lipinski definition) is 1. The van der Waals surface area contributed by atoms with Gasteiger partial charge in [0.25, 0.3) is 0 Å². The van der Waals surface area contributed by atoms with Crippen LogP contribution >= 0.6 is 15.9 Å². The summed E-state index contributed by atoms with van der Waals surface area (Å²) in [6.45, 7) is 0.313. The van der Waals surface area contributed by atoms with Gasteiger partial charge in [-0.3, -0.25) is 9.59 Å². The van der Waals surface area contributed by atoms with E-state index in [9.17, 15) is 9.59 Å². The number of methoxy groups -OCH3 is 1. The van der Waals surface area contributed by atoms with Crippen molar-refractivity contribution in [1.82, 2.24) is 4.90 Å². The van der Waals surface area contributed by atoms with Crippen LogP contribution < -0.4 is 5.73 Å². The highest BCUT2D eigenvalue weighted by molar-refractivity contribution is 9.10. The molecule has 2 amide bonds. The lowest BCUT2D eigenvalue weighted by atomic mass is 10.0. The molecule has 1 rings (SSSR count). The number of nitrogens with zero attached hydrogens (tertiary/aromatic N) is 1. The van der Waals surface area contributed by atoms with Gasteiger partial charge in [-0.15, -0.1) is 0 Å². The van der Waals surface area contributed by atoms with Crippen molar-refractivity contribution in [3.63, 3.8) is 0 Å². The van der Waals surface area contributed by atoms with E-state index >= 15 is 0 Å². The minimum Gasteiger partial charge on any atom is -0.384 e. The highest BCUT2D eigenvalue weighted by atomic mass is 79.9. The summed E-state index contributed by atoms with van der Waals surface area (Å²) in [6.07, 6.45) is 0.213. The molecule has 1 aromatic rings. The van der Waals surface area contributed by atoms with Crippen molar-refractivity contribution in [2.24, 2.45) is 5.73 Å². The standard InChI is InChI=1S/C13H17BrN2O3/c1-16(11(17)6-7-19-2)12(13(15)18)9-4-3-5-10(14)8-9/h3-5,8,12H,6-7H2,1-2H3,(H2,15,18)/t12-/m0/s1. The monoisotopic (exact) mass is 328 g/mol. The summed E-state index contributed by atoms with van der Waals surface area (Å²) >= 11 is 3.33. The van der Waals surface area contributed by atoms with Crippen molar-refractivity contribution in [2.75, 3.05) is 20.8 Å². The van der Waals surface area contributed by atoms with Crippen LogP contribution in [-0.2, 0) is 14.3 Å². The SMILES string of the molecule is COCCC(=O)N(C)[C@H](C(N)=O)c1cccc(Br)c1. The van der Waals surface area contributed by atoms with Crippen molar-refractivity contribution in [1.29, 1.82) is 0 Å². The molecule has 5 nitrogen and oxygen atoms in total. The first kappa shape index (κ1) is 15.7. The fourth-order valence-electron chi connectivity index (χ4n) is 1.77. The summed E-state index contributed by atoms with van der Waals surface area (Å²) in [5.41, 5.74) is 6.08. The Labute approximate surface area is 120 Å². The van der Waals surface area contributed by atoms with E-state index in [0.29, 0.717) is 12.2 Å². The summed E-state index contributed by atoms with van der Waals surface area (Å²) in [4.78, 5) is 24.9. The third-order valence-electron chi connectivity index (χ3n) is 2.73. The Hall–Kier alpha value is -1.40. The van der Waals surface area contributed by atoms with Crippen LogP contribution in [0, 0.1) is 0 Å². The largest absolute Gasteiger partial charge is 0.384 e. The van der Waals surface area contributed by atoms with Gasteiger partial charge in [-0.25, -0.2) is 0 Å². The van der Waals surface area contributed by atoms with Crippen molar-refractivity contribution in [2.45, 2.75) is 12.5 Å². The van der Waals surface area contributed by atoms with Crippen LogP contribution in [0.4, 0.5) is 0 Å². The molecule has 1 aromatic carbocycles. The number of halogens is 1. The summed E-state index contributed by atoms with van der Waals surface area (Å²) < 4.78 is 5.68. The highest BCUT2D eigenvalue weighted by Gasteiger charge is 2.26. The maximum Gasteiger partial charge on any atom is 0.244 e. The molecule has 0 saturated carbocycles. The Bertz CT molecular complexity index is 465. The smallest absolute Gasteiger partial charge is 0.244 e. The lowest BCUT2D eigenvalue weighted by Crippen LogP contribution is -2.39. The number of hydrogen-bond acceptors (Lipinski definition) is 3. The van der Waals surface area contributed by atoms with Gasteiger partial charge in [-0.05, 0) is 17.7 Å². The molecule has 0 fully saturated rings. The fraction of sp³-hybridized carbons (Fsp3) is 0.385. The number of amides is 2. The zero-order valence-electron chi connectivity index (χ0n) is 10.9. The summed E-state index contributed by atoms with van der Waals surface area (Å²) in [7, 11) is 3.08. The minimum atomic E-state index is -0.776. The Kier molecular flexibility index (Phi) is 5.98. The number of benzene rings is 1. The molecule has 19 heavy (non-hydrogen) atoms.